The summed E-state index contributed by atoms with van der Waals surface area (Å²) in [5.41, 5.74) is 3.34. The minimum atomic E-state index is -0.178. The number of fused-ring (bicyclic) bond motifs is 1. The van der Waals surface area contributed by atoms with E-state index in [1.54, 1.807) is 0 Å². The summed E-state index contributed by atoms with van der Waals surface area (Å²) in [5, 5.41) is 4.48. The predicted octanol–water partition coefficient (Wildman–Crippen LogP) is 5.33. The van der Waals surface area contributed by atoms with Crippen molar-refractivity contribution in [2.24, 2.45) is 0 Å². The quantitative estimate of drug-likeness (QED) is 0.467. The molecule has 1 aromatic heterocycles. The van der Waals surface area contributed by atoms with Crippen LogP contribution in [0, 0.1) is 0 Å². The van der Waals surface area contributed by atoms with Gasteiger partial charge in [0.25, 0.3) is 5.91 Å². The van der Waals surface area contributed by atoms with Crippen molar-refractivity contribution in [3.05, 3.63) is 101 Å². The highest BCUT2D eigenvalue weighted by Crippen LogP contribution is 2.22. The van der Waals surface area contributed by atoms with Crippen molar-refractivity contribution in [2.45, 2.75) is 13.2 Å². The van der Waals surface area contributed by atoms with E-state index < -0.39 is 0 Å². The molecule has 2 N–H and O–H groups in total. The molecule has 0 atom stereocenters. The number of carbonyl (C=O) groups excluding carboxylic acids is 1. The molecule has 0 aliphatic heterocycles. The first-order valence-electron chi connectivity index (χ1n) is 9.00. The van der Waals surface area contributed by atoms with Crippen molar-refractivity contribution in [2.75, 3.05) is 0 Å². The normalized spacial score (nSPS) is 10.8. The molecule has 0 unspecified atom stereocenters. The van der Waals surface area contributed by atoms with E-state index in [0.29, 0.717) is 23.9 Å². The van der Waals surface area contributed by atoms with Gasteiger partial charge in [0.05, 0.1) is 0 Å². The Morgan fingerprint density at radius 3 is 2.57 bits per heavy atom. The highest BCUT2D eigenvalue weighted by Gasteiger charge is 2.11. The molecule has 0 aliphatic carbocycles. The summed E-state index contributed by atoms with van der Waals surface area (Å²) in [6, 6.07) is 25.0. The van der Waals surface area contributed by atoms with Gasteiger partial charge in [-0.3, -0.25) is 4.79 Å². The van der Waals surface area contributed by atoms with Gasteiger partial charge in [0, 0.05) is 28.5 Å². The van der Waals surface area contributed by atoms with Crippen LogP contribution in [0.25, 0.3) is 10.9 Å². The third-order valence-electron chi connectivity index (χ3n) is 4.48. The third-order valence-corrected chi connectivity index (χ3v) is 4.85. The van der Waals surface area contributed by atoms with Crippen LogP contribution in [-0.4, -0.2) is 10.9 Å². The number of nitrogens with one attached hydrogen (secondary N) is 2. The van der Waals surface area contributed by atoms with Gasteiger partial charge < -0.3 is 15.0 Å². The fourth-order valence-electron chi connectivity index (χ4n) is 2.97. The van der Waals surface area contributed by atoms with Gasteiger partial charge in [-0.1, -0.05) is 60.1 Å². The van der Waals surface area contributed by atoms with Crippen molar-refractivity contribution in [1.82, 2.24) is 10.3 Å². The first-order chi connectivity index (χ1) is 13.7. The van der Waals surface area contributed by atoms with Crippen molar-refractivity contribution >= 4 is 28.4 Å². The van der Waals surface area contributed by atoms with E-state index in [-0.39, 0.29) is 5.91 Å². The van der Waals surface area contributed by atoms with Gasteiger partial charge in [-0.25, -0.2) is 0 Å². The van der Waals surface area contributed by atoms with Gasteiger partial charge in [0.1, 0.15) is 18.1 Å². The van der Waals surface area contributed by atoms with Crippen LogP contribution in [0.5, 0.6) is 5.75 Å². The van der Waals surface area contributed by atoms with Crippen LogP contribution in [0.3, 0.4) is 0 Å². The number of carbonyl (C=O) groups is 1. The summed E-state index contributed by atoms with van der Waals surface area (Å²) in [6.07, 6.45) is 0. The minimum Gasteiger partial charge on any atom is -0.489 e. The summed E-state index contributed by atoms with van der Waals surface area (Å²) in [6.45, 7) is 0.873. The fourth-order valence-corrected chi connectivity index (χ4v) is 3.17. The first kappa shape index (κ1) is 18.1. The molecule has 0 saturated heterocycles. The zero-order valence-electron chi connectivity index (χ0n) is 15.1. The van der Waals surface area contributed by atoms with Gasteiger partial charge >= 0.3 is 0 Å². The van der Waals surface area contributed by atoms with Crippen LogP contribution in [0.1, 0.15) is 21.6 Å². The van der Waals surface area contributed by atoms with Crippen LogP contribution < -0.4 is 10.1 Å². The van der Waals surface area contributed by atoms with Gasteiger partial charge in [0.2, 0.25) is 0 Å². The molecule has 1 amide bonds. The number of hydrogen-bond donors (Lipinski definition) is 2. The summed E-state index contributed by atoms with van der Waals surface area (Å²) in [5.74, 6) is 0.573. The van der Waals surface area contributed by atoms with E-state index in [4.69, 9.17) is 16.3 Å². The molecule has 1 heterocycles. The van der Waals surface area contributed by atoms with Gasteiger partial charge in [0.15, 0.2) is 0 Å². The molecule has 0 radical (unpaired) electrons. The lowest BCUT2D eigenvalue weighted by Gasteiger charge is -2.06. The second-order valence-electron chi connectivity index (χ2n) is 6.48. The highest BCUT2D eigenvalue weighted by atomic mass is 35.5. The Labute approximate surface area is 168 Å². The fraction of sp³-hybridized carbons (Fsp3) is 0.0870. The number of benzene rings is 3. The first-order valence-corrected chi connectivity index (χ1v) is 9.38. The standard InChI is InChI=1S/C23H19ClN2O2/c24-20-9-5-4-8-18(20)14-25-23(27)22-12-17-10-11-19(13-21(17)26-22)28-15-16-6-2-1-3-7-16/h1-13,26H,14-15H2,(H,25,27). The molecular formula is C23H19ClN2O2. The summed E-state index contributed by atoms with van der Waals surface area (Å²) >= 11 is 6.14. The number of aromatic amines is 1. The Morgan fingerprint density at radius 2 is 1.75 bits per heavy atom. The minimum absolute atomic E-state index is 0.178. The molecule has 3 aromatic carbocycles. The summed E-state index contributed by atoms with van der Waals surface area (Å²) in [7, 11) is 0. The maximum absolute atomic E-state index is 12.5. The zero-order chi connectivity index (χ0) is 19.3. The molecule has 0 spiro atoms. The molecule has 5 heteroatoms. The smallest absolute Gasteiger partial charge is 0.267 e. The van der Waals surface area contributed by atoms with E-state index in [9.17, 15) is 4.79 Å². The number of aromatic nitrogens is 1. The number of hydrogen-bond acceptors (Lipinski definition) is 2. The van der Waals surface area contributed by atoms with E-state index in [2.05, 4.69) is 10.3 Å². The monoisotopic (exact) mass is 390 g/mol. The van der Waals surface area contributed by atoms with Crippen LogP contribution in [0.2, 0.25) is 5.02 Å². The number of halogens is 1. The Bertz CT molecular complexity index is 1110. The Kier molecular flexibility index (Phi) is 5.31. The van der Waals surface area contributed by atoms with Crippen molar-refractivity contribution < 1.29 is 9.53 Å². The third kappa shape index (κ3) is 4.18. The van der Waals surface area contributed by atoms with Gasteiger partial charge in [-0.05, 0) is 35.4 Å². The Balaban J connectivity index is 1.43. The molecule has 0 fully saturated rings. The van der Waals surface area contributed by atoms with E-state index in [0.717, 1.165) is 27.8 Å². The summed E-state index contributed by atoms with van der Waals surface area (Å²) < 4.78 is 5.85. The summed E-state index contributed by atoms with van der Waals surface area (Å²) in [4.78, 5) is 15.6. The predicted molar refractivity (Wildman–Crippen MR) is 112 cm³/mol. The topological polar surface area (TPSA) is 54.1 Å². The number of ether oxygens (including phenoxy) is 1. The number of rotatable bonds is 6. The van der Waals surface area contributed by atoms with Gasteiger partial charge in [-0.15, -0.1) is 0 Å². The van der Waals surface area contributed by atoms with E-state index >= 15 is 0 Å². The SMILES string of the molecule is O=C(NCc1ccccc1Cl)c1cc2ccc(OCc3ccccc3)cc2[nH]1. The van der Waals surface area contributed by atoms with Crippen molar-refractivity contribution in [1.29, 1.82) is 0 Å². The average Bonchev–Trinajstić information content (AvgIpc) is 3.16. The Hall–Kier alpha value is -3.24. The van der Waals surface area contributed by atoms with E-state index in [1.165, 1.54) is 0 Å². The molecule has 4 aromatic rings. The molecule has 4 nitrogen and oxygen atoms in total. The lowest BCUT2D eigenvalue weighted by atomic mass is 10.2. The lowest BCUT2D eigenvalue weighted by Crippen LogP contribution is -2.23. The Morgan fingerprint density at radius 1 is 0.964 bits per heavy atom. The number of amides is 1. The molecular weight excluding hydrogens is 372 g/mol. The second kappa shape index (κ2) is 8.19. The largest absolute Gasteiger partial charge is 0.489 e. The van der Waals surface area contributed by atoms with Crippen LogP contribution in [0.4, 0.5) is 0 Å². The van der Waals surface area contributed by atoms with Crippen LogP contribution in [0.15, 0.2) is 78.9 Å². The number of H-pyrrole nitrogens is 1. The van der Waals surface area contributed by atoms with Crippen molar-refractivity contribution in [3.8, 4) is 5.75 Å². The van der Waals surface area contributed by atoms with E-state index in [1.807, 2.05) is 78.9 Å². The van der Waals surface area contributed by atoms with Crippen LogP contribution in [-0.2, 0) is 13.2 Å². The average molecular weight is 391 g/mol. The van der Waals surface area contributed by atoms with Crippen LogP contribution >= 0.6 is 11.6 Å². The zero-order valence-corrected chi connectivity index (χ0v) is 15.9. The van der Waals surface area contributed by atoms with Crippen molar-refractivity contribution in [3.63, 3.8) is 0 Å². The molecule has 0 aliphatic rings. The second-order valence-corrected chi connectivity index (χ2v) is 6.89. The highest BCUT2D eigenvalue weighted by molar-refractivity contribution is 6.31. The molecule has 28 heavy (non-hydrogen) atoms. The maximum Gasteiger partial charge on any atom is 0.267 e. The molecule has 0 bridgehead atoms. The molecule has 140 valence electrons. The molecule has 4 rings (SSSR count). The maximum atomic E-state index is 12.5. The van der Waals surface area contributed by atoms with Gasteiger partial charge in [-0.2, -0.15) is 0 Å². The molecule has 0 saturated carbocycles. The lowest BCUT2D eigenvalue weighted by molar-refractivity contribution is 0.0947.